The average Bonchev–Trinajstić information content (AvgIpc) is 2.74. The van der Waals surface area contributed by atoms with Gasteiger partial charge < -0.3 is 15.1 Å². The third-order valence-corrected chi connectivity index (χ3v) is 5.63. The lowest BCUT2D eigenvalue weighted by Gasteiger charge is -2.32. The number of piperidine rings is 1. The lowest BCUT2D eigenvalue weighted by Crippen LogP contribution is -2.43. The smallest absolute Gasteiger partial charge is 0.253 e. The van der Waals surface area contributed by atoms with Gasteiger partial charge in [0.2, 0.25) is 5.91 Å². The number of carbonyl (C=O) groups is 2. The minimum Gasteiger partial charge on any atom is -0.369 e. The normalized spacial score (nSPS) is 16.4. The fourth-order valence-corrected chi connectivity index (χ4v) is 4.04. The predicted molar refractivity (Wildman–Crippen MR) is 121 cm³/mol. The third kappa shape index (κ3) is 5.17. The molecule has 6 nitrogen and oxygen atoms in total. The van der Waals surface area contributed by atoms with Crippen molar-refractivity contribution < 1.29 is 9.59 Å². The Labute approximate surface area is 179 Å². The van der Waals surface area contributed by atoms with Crippen LogP contribution in [0.1, 0.15) is 49.7 Å². The number of aryl methyl sites for hydroxylation is 1. The van der Waals surface area contributed by atoms with E-state index >= 15 is 0 Å². The maximum absolute atomic E-state index is 13.0. The highest BCUT2D eigenvalue weighted by Crippen LogP contribution is 2.22. The molecule has 0 saturated carbocycles. The number of carbonyl (C=O) groups excluding carboxylic acids is 2. The van der Waals surface area contributed by atoms with Crippen LogP contribution in [0.4, 0.5) is 11.5 Å². The number of nitrogens with one attached hydrogen (secondary N) is 1. The number of hydrogen-bond acceptors (Lipinski definition) is 4. The zero-order valence-corrected chi connectivity index (χ0v) is 18.4. The van der Waals surface area contributed by atoms with E-state index in [9.17, 15) is 9.59 Å². The molecule has 160 valence electrons. The molecule has 1 aliphatic rings. The van der Waals surface area contributed by atoms with E-state index in [1.54, 1.807) is 11.0 Å². The second-order valence-corrected chi connectivity index (χ2v) is 8.17. The Hall–Kier alpha value is -2.89. The fourth-order valence-electron chi connectivity index (χ4n) is 4.04. The molecule has 30 heavy (non-hydrogen) atoms. The lowest BCUT2D eigenvalue weighted by atomic mass is 9.96. The molecule has 1 N–H and O–H groups in total. The van der Waals surface area contributed by atoms with Crippen LogP contribution in [-0.2, 0) is 4.79 Å². The van der Waals surface area contributed by atoms with Crippen molar-refractivity contribution in [3.63, 3.8) is 0 Å². The van der Waals surface area contributed by atoms with E-state index in [2.05, 4.69) is 36.0 Å². The minimum atomic E-state index is -0.221. The van der Waals surface area contributed by atoms with Gasteiger partial charge in [0.1, 0.15) is 5.82 Å². The summed E-state index contributed by atoms with van der Waals surface area (Å²) in [5.74, 6) is 0.252. The number of amides is 2. The molecular formula is C24H32N4O2. The minimum absolute atomic E-state index is 0.0136. The molecule has 1 fully saturated rings. The Bertz CT molecular complexity index is 879. The summed E-state index contributed by atoms with van der Waals surface area (Å²) in [5, 5.41) is 2.90. The summed E-state index contributed by atoms with van der Waals surface area (Å²) >= 11 is 0. The van der Waals surface area contributed by atoms with Crippen LogP contribution in [0.25, 0.3) is 0 Å². The molecule has 1 saturated heterocycles. The molecule has 1 aromatic carbocycles. The van der Waals surface area contributed by atoms with Gasteiger partial charge in [0, 0.05) is 42.6 Å². The van der Waals surface area contributed by atoms with E-state index in [1.807, 2.05) is 43.3 Å². The van der Waals surface area contributed by atoms with Crippen LogP contribution in [-0.4, -0.2) is 47.4 Å². The summed E-state index contributed by atoms with van der Waals surface area (Å²) in [6.45, 7) is 10.4. The molecule has 3 rings (SSSR count). The highest BCUT2D eigenvalue weighted by molar-refractivity contribution is 5.96. The Morgan fingerprint density at radius 3 is 2.57 bits per heavy atom. The van der Waals surface area contributed by atoms with Crippen molar-refractivity contribution in [2.45, 2.75) is 46.6 Å². The summed E-state index contributed by atoms with van der Waals surface area (Å²) in [7, 11) is 0. The van der Waals surface area contributed by atoms with Gasteiger partial charge in [-0.3, -0.25) is 9.59 Å². The Morgan fingerprint density at radius 2 is 1.93 bits per heavy atom. The Kier molecular flexibility index (Phi) is 7.08. The maximum Gasteiger partial charge on any atom is 0.253 e. The molecule has 0 aliphatic carbocycles. The van der Waals surface area contributed by atoms with Gasteiger partial charge in [0.25, 0.3) is 5.91 Å². The quantitative estimate of drug-likeness (QED) is 0.781. The standard InChI is InChI=1S/C24H32N4O2/c1-5-28(17(2)3)21-13-11-19(12-14-21)24(30)27-15-7-9-20(16-27)23(29)26-22-10-6-8-18(4)25-22/h6,8,10-14,17,20H,5,7,9,15-16H2,1-4H3,(H,25,26,29). The number of anilines is 2. The molecular weight excluding hydrogens is 376 g/mol. The molecule has 2 heterocycles. The van der Waals surface area contributed by atoms with Crippen LogP contribution >= 0.6 is 0 Å². The van der Waals surface area contributed by atoms with Gasteiger partial charge in [-0.25, -0.2) is 4.98 Å². The number of aromatic nitrogens is 1. The topological polar surface area (TPSA) is 65.5 Å². The van der Waals surface area contributed by atoms with Crippen molar-refractivity contribution in [3.05, 3.63) is 53.7 Å². The second-order valence-electron chi connectivity index (χ2n) is 8.17. The first-order chi connectivity index (χ1) is 14.4. The highest BCUT2D eigenvalue weighted by atomic mass is 16.2. The van der Waals surface area contributed by atoms with Gasteiger partial charge in [0.05, 0.1) is 5.92 Å². The highest BCUT2D eigenvalue weighted by Gasteiger charge is 2.29. The van der Waals surface area contributed by atoms with Crippen LogP contribution in [0, 0.1) is 12.8 Å². The van der Waals surface area contributed by atoms with E-state index in [1.165, 1.54) is 0 Å². The largest absolute Gasteiger partial charge is 0.369 e. The van der Waals surface area contributed by atoms with Crippen LogP contribution in [0.3, 0.4) is 0 Å². The van der Waals surface area contributed by atoms with Gasteiger partial charge in [-0.2, -0.15) is 0 Å². The van der Waals surface area contributed by atoms with E-state index in [0.29, 0.717) is 30.5 Å². The molecule has 1 unspecified atom stereocenters. The van der Waals surface area contributed by atoms with Crippen LogP contribution in [0.2, 0.25) is 0 Å². The molecule has 2 amide bonds. The summed E-state index contributed by atoms with van der Waals surface area (Å²) in [5.41, 5.74) is 2.64. The first-order valence-electron chi connectivity index (χ1n) is 10.8. The SMILES string of the molecule is CCN(c1ccc(C(=O)N2CCCC(C(=O)Nc3cccc(C)n3)C2)cc1)C(C)C. The zero-order valence-electron chi connectivity index (χ0n) is 18.4. The van der Waals surface area contributed by atoms with Crippen molar-refractivity contribution in [1.82, 2.24) is 9.88 Å². The number of pyridine rings is 1. The van der Waals surface area contributed by atoms with Crippen molar-refractivity contribution in [1.29, 1.82) is 0 Å². The summed E-state index contributed by atoms with van der Waals surface area (Å²) in [4.78, 5) is 34.1. The monoisotopic (exact) mass is 408 g/mol. The number of likely N-dealkylation sites (tertiary alicyclic amines) is 1. The first-order valence-corrected chi connectivity index (χ1v) is 10.8. The van der Waals surface area contributed by atoms with Crippen LogP contribution < -0.4 is 10.2 Å². The van der Waals surface area contributed by atoms with Gasteiger partial charge in [0.15, 0.2) is 0 Å². The average molecular weight is 409 g/mol. The molecule has 0 bridgehead atoms. The third-order valence-electron chi connectivity index (χ3n) is 5.63. The predicted octanol–water partition coefficient (Wildman–Crippen LogP) is 4.12. The number of rotatable bonds is 6. The molecule has 0 radical (unpaired) electrons. The molecule has 6 heteroatoms. The van der Waals surface area contributed by atoms with Crippen LogP contribution in [0.15, 0.2) is 42.5 Å². The van der Waals surface area contributed by atoms with Crippen LogP contribution in [0.5, 0.6) is 0 Å². The van der Waals surface area contributed by atoms with E-state index in [4.69, 9.17) is 0 Å². The molecule has 1 aromatic heterocycles. The maximum atomic E-state index is 13.0. The molecule has 1 atom stereocenters. The number of hydrogen-bond donors (Lipinski definition) is 1. The van der Waals surface area contributed by atoms with Crippen molar-refractivity contribution in [2.24, 2.45) is 5.92 Å². The molecule has 2 aromatic rings. The van der Waals surface area contributed by atoms with Crippen molar-refractivity contribution in [3.8, 4) is 0 Å². The van der Waals surface area contributed by atoms with E-state index in [0.717, 1.165) is 30.8 Å². The van der Waals surface area contributed by atoms with E-state index in [-0.39, 0.29) is 17.7 Å². The van der Waals surface area contributed by atoms with Crippen molar-refractivity contribution >= 4 is 23.3 Å². The second kappa shape index (κ2) is 9.74. The van der Waals surface area contributed by atoms with Gasteiger partial charge in [-0.15, -0.1) is 0 Å². The van der Waals surface area contributed by atoms with Gasteiger partial charge >= 0.3 is 0 Å². The first kappa shape index (κ1) is 21.8. The fraction of sp³-hybridized carbons (Fsp3) is 0.458. The van der Waals surface area contributed by atoms with Gasteiger partial charge in [-0.1, -0.05) is 6.07 Å². The summed E-state index contributed by atoms with van der Waals surface area (Å²) in [6, 6.07) is 13.8. The number of nitrogens with zero attached hydrogens (tertiary/aromatic N) is 3. The number of benzene rings is 1. The lowest BCUT2D eigenvalue weighted by molar-refractivity contribution is -0.121. The Balaban J connectivity index is 1.64. The Morgan fingerprint density at radius 1 is 1.20 bits per heavy atom. The zero-order chi connectivity index (χ0) is 21.7. The summed E-state index contributed by atoms with van der Waals surface area (Å²) < 4.78 is 0. The van der Waals surface area contributed by atoms with Crippen molar-refractivity contribution in [2.75, 3.05) is 29.9 Å². The molecule has 0 spiro atoms. The summed E-state index contributed by atoms with van der Waals surface area (Å²) in [6.07, 6.45) is 1.60. The van der Waals surface area contributed by atoms with Gasteiger partial charge in [-0.05, 0) is 76.9 Å². The van der Waals surface area contributed by atoms with E-state index < -0.39 is 0 Å². The molecule has 1 aliphatic heterocycles.